The number of aromatic nitrogens is 2. The fraction of sp³-hybridized carbons (Fsp3) is 0.222. The number of benzene rings is 1. The smallest absolute Gasteiger partial charge is 0.255 e. The summed E-state index contributed by atoms with van der Waals surface area (Å²) in [5, 5.41) is 10.7. The Bertz CT molecular complexity index is 809. The van der Waals surface area contributed by atoms with Crippen LogP contribution in [0.25, 0.3) is 10.9 Å². The second kappa shape index (κ2) is 6.54. The van der Waals surface area contributed by atoms with Crippen molar-refractivity contribution >= 4 is 38.4 Å². The van der Waals surface area contributed by atoms with E-state index in [9.17, 15) is 4.79 Å². The SMILES string of the molecule is C=C(Br)/C=C(\C(=C)C(C)(C)C)C(=O)Nc1cccc2[nH]ncc12. The molecule has 1 aromatic heterocycles. The van der Waals surface area contributed by atoms with Gasteiger partial charge in [-0.2, -0.15) is 5.10 Å². The molecule has 4 nitrogen and oxygen atoms in total. The van der Waals surface area contributed by atoms with Crippen LogP contribution in [0.3, 0.4) is 0 Å². The van der Waals surface area contributed by atoms with Crippen LogP contribution in [0.5, 0.6) is 0 Å². The van der Waals surface area contributed by atoms with Crippen molar-refractivity contribution in [3.63, 3.8) is 0 Å². The molecule has 2 aromatic rings. The number of amides is 1. The van der Waals surface area contributed by atoms with Gasteiger partial charge in [0.2, 0.25) is 0 Å². The number of carbonyl (C=O) groups excluding carboxylic acids is 1. The highest BCUT2D eigenvalue weighted by Crippen LogP contribution is 2.32. The van der Waals surface area contributed by atoms with Gasteiger partial charge in [0, 0.05) is 15.4 Å². The van der Waals surface area contributed by atoms with Gasteiger partial charge in [0.25, 0.3) is 5.91 Å². The Morgan fingerprint density at radius 2 is 2.04 bits per heavy atom. The fourth-order valence-corrected chi connectivity index (χ4v) is 2.35. The van der Waals surface area contributed by atoms with Crippen LogP contribution in [-0.4, -0.2) is 16.1 Å². The zero-order valence-electron chi connectivity index (χ0n) is 13.5. The molecule has 0 spiro atoms. The Kier molecular flexibility index (Phi) is 4.90. The summed E-state index contributed by atoms with van der Waals surface area (Å²) in [6, 6.07) is 5.61. The van der Waals surface area contributed by atoms with Crippen LogP contribution in [0.4, 0.5) is 5.69 Å². The van der Waals surface area contributed by atoms with E-state index < -0.39 is 0 Å². The number of rotatable bonds is 4. The molecule has 0 aliphatic carbocycles. The maximum absolute atomic E-state index is 12.8. The molecule has 0 saturated heterocycles. The normalized spacial score (nSPS) is 12.3. The average molecular weight is 374 g/mol. The van der Waals surface area contributed by atoms with E-state index in [0.717, 1.165) is 16.5 Å². The van der Waals surface area contributed by atoms with Crippen molar-refractivity contribution < 1.29 is 4.79 Å². The van der Waals surface area contributed by atoms with Crippen LogP contribution in [0.15, 0.2) is 59.3 Å². The first-order valence-electron chi connectivity index (χ1n) is 7.19. The lowest BCUT2D eigenvalue weighted by molar-refractivity contribution is -0.112. The molecule has 0 saturated carbocycles. The minimum atomic E-state index is -0.229. The Morgan fingerprint density at radius 3 is 2.65 bits per heavy atom. The van der Waals surface area contributed by atoms with Crippen LogP contribution in [0, 0.1) is 5.41 Å². The maximum Gasteiger partial charge on any atom is 0.255 e. The topological polar surface area (TPSA) is 57.8 Å². The van der Waals surface area contributed by atoms with Gasteiger partial charge in [-0.15, -0.1) is 0 Å². The van der Waals surface area contributed by atoms with Gasteiger partial charge in [-0.3, -0.25) is 9.89 Å². The number of aromatic amines is 1. The number of H-pyrrole nitrogens is 1. The molecular weight excluding hydrogens is 354 g/mol. The summed E-state index contributed by atoms with van der Waals surface area (Å²) in [7, 11) is 0. The highest BCUT2D eigenvalue weighted by molar-refractivity contribution is 9.11. The van der Waals surface area contributed by atoms with Crippen LogP contribution >= 0.6 is 15.9 Å². The summed E-state index contributed by atoms with van der Waals surface area (Å²) in [5.41, 5.74) is 2.59. The Morgan fingerprint density at radius 1 is 1.35 bits per heavy atom. The molecule has 23 heavy (non-hydrogen) atoms. The van der Waals surface area contributed by atoms with Gasteiger partial charge in [-0.05, 0) is 29.2 Å². The standard InChI is InChI=1S/C18H20BrN3O/c1-11(19)9-13(12(2)18(3,4)5)17(23)21-15-7-6-8-16-14(15)10-20-22-16/h6-10H,1-2H2,3-5H3,(H,20,22)(H,21,23)/b13-9+. The second-order valence-electron chi connectivity index (χ2n) is 6.32. The molecule has 0 aliphatic heterocycles. The van der Waals surface area contributed by atoms with Crippen LogP contribution < -0.4 is 5.32 Å². The number of nitrogens with one attached hydrogen (secondary N) is 2. The van der Waals surface area contributed by atoms with Gasteiger partial charge in [-0.25, -0.2) is 0 Å². The number of fused-ring (bicyclic) bond motifs is 1. The monoisotopic (exact) mass is 373 g/mol. The summed E-state index contributed by atoms with van der Waals surface area (Å²) in [6.45, 7) is 13.9. The predicted octanol–water partition coefficient (Wildman–Crippen LogP) is 4.94. The molecule has 2 N–H and O–H groups in total. The van der Waals surface area contributed by atoms with E-state index in [1.54, 1.807) is 12.3 Å². The molecule has 120 valence electrons. The Balaban J connectivity index is 2.37. The number of anilines is 1. The highest BCUT2D eigenvalue weighted by Gasteiger charge is 2.23. The van der Waals surface area contributed by atoms with E-state index >= 15 is 0 Å². The molecule has 0 unspecified atom stereocenters. The molecule has 0 bridgehead atoms. The maximum atomic E-state index is 12.8. The predicted molar refractivity (Wildman–Crippen MR) is 99.5 cm³/mol. The second-order valence-corrected chi connectivity index (χ2v) is 7.34. The summed E-state index contributed by atoms with van der Waals surface area (Å²) >= 11 is 3.29. The zero-order chi connectivity index (χ0) is 17.2. The van der Waals surface area contributed by atoms with Gasteiger partial charge in [0.1, 0.15) is 0 Å². The van der Waals surface area contributed by atoms with Gasteiger partial charge < -0.3 is 5.32 Å². The largest absolute Gasteiger partial charge is 0.321 e. The minimum Gasteiger partial charge on any atom is -0.321 e. The highest BCUT2D eigenvalue weighted by atomic mass is 79.9. The lowest BCUT2D eigenvalue weighted by Crippen LogP contribution is -2.21. The van der Waals surface area contributed by atoms with Crippen molar-refractivity contribution in [2.75, 3.05) is 5.32 Å². The van der Waals surface area contributed by atoms with Crippen LogP contribution in [-0.2, 0) is 4.79 Å². The number of hydrogen-bond acceptors (Lipinski definition) is 2. The summed E-state index contributed by atoms with van der Waals surface area (Å²) < 4.78 is 0.620. The van der Waals surface area contributed by atoms with Crippen molar-refractivity contribution in [1.29, 1.82) is 0 Å². The van der Waals surface area contributed by atoms with E-state index in [4.69, 9.17) is 0 Å². The van der Waals surface area contributed by atoms with Crippen LogP contribution in [0.2, 0.25) is 0 Å². The number of halogens is 1. The van der Waals surface area contributed by atoms with Gasteiger partial charge in [0.05, 0.1) is 17.4 Å². The van der Waals surface area contributed by atoms with E-state index in [0.29, 0.717) is 15.7 Å². The number of allylic oxidation sites excluding steroid dienone is 2. The fourth-order valence-electron chi connectivity index (χ4n) is 2.12. The van der Waals surface area contributed by atoms with E-state index in [1.165, 1.54) is 0 Å². The molecule has 1 heterocycles. The summed E-state index contributed by atoms with van der Waals surface area (Å²) in [4.78, 5) is 12.8. The number of carbonyl (C=O) groups is 1. The van der Waals surface area contributed by atoms with Gasteiger partial charge >= 0.3 is 0 Å². The van der Waals surface area contributed by atoms with Crippen molar-refractivity contribution in [2.45, 2.75) is 20.8 Å². The van der Waals surface area contributed by atoms with Crippen molar-refractivity contribution in [3.05, 3.63) is 59.3 Å². The van der Waals surface area contributed by atoms with Crippen LogP contribution in [0.1, 0.15) is 20.8 Å². The minimum absolute atomic E-state index is 0.223. The quantitative estimate of drug-likeness (QED) is 0.588. The van der Waals surface area contributed by atoms with Gasteiger partial charge in [-0.1, -0.05) is 55.9 Å². The molecule has 0 aliphatic rings. The summed E-state index contributed by atoms with van der Waals surface area (Å²) in [6.07, 6.45) is 3.38. The average Bonchev–Trinajstić information content (AvgIpc) is 2.92. The summed E-state index contributed by atoms with van der Waals surface area (Å²) in [5.74, 6) is -0.223. The van der Waals surface area contributed by atoms with E-state index in [1.807, 2.05) is 39.0 Å². The lowest BCUT2D eigenvalue weighted by atomic mass is 9.82. The molecule has 0 radical (unpaired) electrons. The number of nitrogens with zero attached hydrogens (tertiary/aromatic N) is 1. The Hall–Kier alpha value is -2.14. The first-order chi connectivity index (χ1) is 10.7. The lowest BCUT2D eigenvalue weighted by Gasteiger charge is -2.24. The third-order valence-corrected chi connectivity index (χ3v) is 3.74. The van der Waals surface area contributed by atoms with Crippen molar-refractivity contribution in [3.8, 4) is 0 Å². The number of hydrogen-bond donors (Lipinski definition) is 2. The molecule has 2 rings (SSSR count). The van der Waals surface area contributed by atoms with Crippen molar-refractivity contribution in [1.82, 2.24) is 10.2 Å². The van der Waals surface area contributed by atoms with Gasteiger partial charge in [0.15, 0.2) is 0 Å². The first kappa shape index (κ1) is 17.2. The molecule has 5 heteroatoms. The molecule has 1 aromatic carbocycles. The molecule has 0 fully saturated rings. The molecule has 1 amide bonds. The third kappa shape index (κ3) is 3.99. The zero-order valence-corrected chi connectivity index (χ0v) is 15.1. The van der Waals surface area contributed by atoms with Crippen molar-refractivity contribution in [2.24, 2.45) is 5.41 Å². The first-order valence-corrected chi connectivity index (χ1v) is 7.99. The Labute approximate surface area is 144 Å². The van der Waals surface area contributed by atoms with E-state index in [2.05, 4.69) is 44.6 Å². The third-order valence-electron chi connectivity index (χ3n) is 3.51. The van der Waals surface area contributed by atoms with E-state index in [-0.39, 0.29) is 11.3 Å². The molecule has 0 atom stereocenters. The molecular formula is C18H20BrN3O.